The SMILES string of the molecule is [2H]C([2H])(c1ccnc(-c2[c-]ccc3c2oc2ccc(-c4ccccc4)cc23)c1)C1CCCCC1.[CH3][Ge]([CH3])([CH3])[c]1ccc(-c2[c-]cccc2)nc1.[Ir]. The molecule has 1 aliphatic carbocycles. The third-order valence-corrected chi connectivity index (χ3v) is 13.4. The van der Waals surface area contributed by atoms with Gasteiger partial charge in [0, 0.05) is 34.4 Å². The Morgan fingerprint density at radius 1 is 0.755 bits per heavy atom. The molecule has 1 aliphatic rings. The number of furan rings is 1. The van der Waals surface area contributed by atoms with E-state index in [2.05, 4.69) is 75.8 Å². The molecule has 5 heteroatoms. The summed E-state index contributed by atoms with van der Waals surface area (Å²) >= 11 is -1.72. The molecular weight excluding hydrogens is 837 g/mol. The van der Waals surface area contributed by atoms with Gasteiger partial charge in [0.05, 0.1) is 5.58 Å². The van der Waals surface area contributed by atoms with Crippen molar-refractivity contribution in [1.82, 2.24) is 9.97 Å². The van der Waals surface area contributed by atoms with Gasteiger partial charge in [0.2, 0.25) is 0 Å². The van der Waals surface area contributed by atoms with Crippen LogP contribution in [0.3, 0.4) is 0 Å². The van der Waals surface area contributed by atoms with Crippen molar-refractivity contribution >= 4 is 39.6 Å². The minimum atomic E-state index is -1.72. The first-order valence-electron chi connectivity index (χ1n) is 18.0. The minimum Gasteiger partial charge on any atom is 0 e. The summed E-state index contributed by atoms with van der Waals surface area (Å²) in [5.74, 6) is 7.20. The quantitative estimate of drug-likeness (QED) is 0.123. The molecule has 0 amide bonds. The molecule has 8 rings (SSSR count). The maximum atomic E-state index is 8.88. The summed E-state index contributed by atoms with van der Waals surface area (Å²) in [5, 5.41) is 2.07. The average Bonchev–Trinajstić information content (AvgIpc) is 3.54. The summed E-state index contributed by atoms with van der Waals surface area (Å²) in [6.45, 7) is 0. The van der Waals surface area contributed by atoms with Crippen LogP contribution in [0.1, 0.15) is 40.4 Å². The summed E-state index contributed by atoms with van der Waals surface area (Å²) in [6, 6.07) is 43.1. The van der Waals surface area contributed by atoms with Crippen LogP contribution in [0, 0.1) is 18.1 Å². The van der Waals surface area contributed by atoms with Crippen molar-refractivity contribution in [2.24, 2.45) is 5.92 Å². The van der Waals surface area contributed by atoms with E-state index in [0.29, 0.717) is 11.3 Å². The predicted molar refractivity (Wildman–Crippen MR) is 203 cm³/mol. The maximum absolute atomic E-state index is 8.88. The van der Waals surface area contributed by atoms with Crippen LogP contribution >= 0.6 is 0 Å². The van der Waals surface area contributed by atoms with Gasteiger partial charge in [-0.2, -0.15) is 0 Å². The van der Waals surface area contributed by atoms with Crippen molar-refractivity contribution in [3.05, 3.63) is 139 Å². The monoisotopic (exact) mass is 883 g/mol. The Bertz CT molecular complexity index is 2210. The number of benzene rings is 4. The summed E-state index contributed by atoms with van der Waals surface area (Å²) < 4.78 is 25.5. The Balaban J connectivity index is 0.000000222. The molecule has 0 N–H and O–H groups in total. The Morgan fingerprint density at radius 2 is 1.57 bits per heavy atom. The van der Waals surface area contributed by atoms with E-state index in [4.69, 9.17) is 7.16 Å². The van der Waals surface area contributed by atoms with E-state index in [1.165, 1.54) is 16.4 Å². The molecule has 1 radical (unpaired) electrons. The molecule has 49 heavy (non-hydrogen) atoms. The number of rotatable bonds is 6. The van der Waals surface area contributed by atoms with Crippen LogP contribution in [0.4, 0.5) is 0 Å². The topological polar surface area (TPSA) is 38.9 Å². The number of hydrogen-bond donors (Lipinski definition) is 0. The van der Waals surface area contributed by atoms with E-state index in [1.54, 1.807) is 6.20 Å². The number of pyridine rings is 2. The average molecular weight is 882 g/mol. The zero-order chi connectivity index (χ0) is 34.7. The molecule has 1 saturated carbocycles. The fourth-order valence-corrected chi connectivity index (χ4v) is 8.60. The number of nitrogens with zero attached hydrogens (tertiary/aromatic N) is 2. The Kier molecular flexibility index (Phi) is 10.4. The predicted octanol–water partition coefficient (Wildman–Crippen LogP) is 11.3. The molecule has 1 fully saturated rings. The van der Waals surface area contributed by atoms with Crippen LogP contribution in [0.5, 0.6) is 0 Å². The molecule has 3 aromatic heterocycles. The Hall–Kier alpha value is -3.83. The molecular formula is C44H42GeIrN2O-2. The fourth-order valence-electron chi connectivity index (χ4n) is 6.43. The van der Waals surface area contributed by atoms with Gasteiger partial charge in [-0.1, -0.05) is 91.1 Å². The molecule has 3 heterocycles. The first-order chi connectivity index (χ1) is 24.2. The van der Waals surface area contributed by atoms with Crippen LogP contribution in [-0.2, 0) is 26.5 Å². The van der Waals surface area contributed by atoms with Gasteiger partial charge < -0.3 is 9.40 Å². The molecule has 3 nitrogen and oxygen atoms in total. The van der Waals surface area contributed by atoms with Crippen molar-refractivity contribution in [1.29, 1.82) is 0 Å². The number of hydrogen-bond acceptors (Lipinski definition) is 3. The summed E-state index contributed by atoms with van der Waals surface area (Å²) in [4.78, 5) is 9.13. The minimum absolute atomic E-state index is 0. The van der Waals surface area contributed by atoms with E-state index in [9.17, 15) is 0 Å². The van der Waals surface area contributed by atoms with E-state index in [1.807, 2.05) is 79.0 Å². The summed E-state index contributed by atoms with van der Waals surface area (Å²) in [6.07, 6.45) is 7.70. The number of aromatic nitrogens is 2. The van der Waals surface area contributed by atoms with Crippen LogP contribution in [0.2, 0.25) is 17.3 Å². The second-order valence-corrected chi connectivity index (χ2v) is 24.3. The van der Waals surface area contributed by atoms with Gasteiger partial charge in [0.25, 0.3) is 0 Å². The van der Waals surface area contributed by atoms with Gasteiger partial charge in [-0.15, -0.1) is 18.2 Å². The fraction of sp³-hybridized carbons (Fsp3) is 0.227. The van der Waals surface area contributed by atoms with Crippen molar-refractivity contribution in [3.8, 4) is 33.6 Å². The normalized spacial score (nSPS) is 14.3. The van der Waals surface area contributed by atoms with Gasteiger partial charge in [-0.25, -0.2) is 0 Å². The molecule has 0 spiro atoms. The molecule has 0 bridgehead atoms. The molecule has 0 atom stereocenters. The Labute approximate surface area is 309 Å². The zero-order valence-corrected chi connectivity index (χ0v) is 32.8. The second-order valence-electron chi connectivity index (χ2n) is 13.6. The molecule has 0 saturated heterocycles. The smallest absolute Gasteiger partial charge is 0 e. The van der Waals surface area contributed by atoms with E-state index in [-0.39, 0.29) is 26.0 Å². The van der Waals surface area contributed by atoms with Crippen LogP contribution in [0.15, 0.2) is 126 Å². The third-order valence-electron chi connectivity index (χ3n) is 9.14. The largest absolute Gasteiger partial charge is 0 e. The van der Waals surface area contributed by atoms with Crippen LogP contribution in [0.25, 0.3) is 55.6 Å². The van der Waals surface area contributed by atoms with Crippen LogP contribution in [-0.4, -0.2) is 23.2 Å². The molecule has 0 unspecified atom stereocenters. The number of fused-ring (bicyclic) bond motifs is 3. The van der Waals surface area contributed by atoms with Crippen molar-refractivity contribution in [2.45, 2.75) is 55.7 Å². The summed E-state index contributed by atoms with van der Waals surface area (Å²) in [7, 11) is 0. The first kappa shape index (κ1) is 32.4. The van der Waals surface area contributed by atoms with E-state index >= 15 is 0 Å². The first-order valence-corrected chi connectivity index (χ1v) is 24.4. The van der Waals surface area contributed by atoms with Crippen molar-refractivity contribution in [2.75, 3.05) is 0 Å². The molecule has 7 aromatic rings. The summed E-state index contributed by atoms with van der Waals surface area (Å²) in [5.41, 5.74) is 8.12. The van der Waals surface area contributed by atoms with Crippen molar-refractivity contribution < 1.29 is 27.3 Å². The molecule has 4 aromatic carbocycles. The molecule has 0 aliphatic heterocycles. The van der Waals surface area contributed by atoms with Gasteiger partial charge in [-0.3, -0.25) is 0 Å². The second kappa shape index (κ2) is 15.8. The van der Waals surface area contributed by atoms with Gasteiger partial charge in [0.15, 0.2) is 0 Å². The van der Waals surface area contributed by atoms with Crippen LogP contribution < -0.4 is 4.40 Å². The third kappa shape index (κ3) is 8.32. The standard InChI is InChI=1S/C30H26NO.C14H16GeN.Ir/c1-3-8-21(9-4-1)18-22-16-17-31-28(19-22)26-13-7-12-25-27-20-24(23-10-5-2-6-11-23)14-15-29(27)32-30(25)26;1-15(2,3)13-9-10-14(16-11-13)12-7-5-4-6-8-12;/h2,5-7,10-12,14-17,19-21H,1,3-4,8-9,18H2;4-7,9-11H,1-3H3;/q2*-1;/i18D2;;. The van der Waals surface area contributed by atoms with E-state index in [0.717, 1.165) is 70.0 Å². The zero-order valence-electron chi connectivity index (χ0n) is 30.3. The van der Waals surface area contributed by atoms with Crippen molar-refractivity contribution in [3.63, 3.8) is 0 Å². The van der Waals surface area contributed by atoms with Gasteiger partial charge in [0.1, 0.15) is 5.58 Å². The maximum Gasteiger partial charge on any atom is 0 e. The van der Waals surface area contributed by atoms with E-state index < -0.39 is 19.6 Å². The Morgan fingerprint density at radius 3 is 2.31 bits per heavy atom. The van der Waals surface area contributed by atoms with Gasteiger partial charge in [-0.05, 0) is 47.3 Å². The van der Waals surface area contributed by atoms with Gasteiger partial charge >= 0.3 is 99.8 Å². The molecule has 249 valence electrons.